The van der Waals surface area contributed by atoms with Crippen molar-refractivity contribution >= 4 is 13.4 Å². The molecule has 0 aliphatic carbocycles. The number of nitrogens with one attached hydrogen (secondary N) is 1. The summed E-state index contributed by atoms with van der Waals surface area (Å²) in [6, 6.07) is 10.6. The van der Waals surface area contributed by atoms with Crippen LogP contribution in [0.1, 0.15) is 36.5 Å². The van der Waals surface area contributed by atoms with Gasteiger partial charge in [0, 0.05) is 11.6 Å². The van der Waals surface area contributed by atoms with Crippen molar-refractivity contribution in [2.45, 2.75) is 25.4 Å². The maximum atomic E-state index is 11.2. The smallest absolute Gasteiger partial charge is 0.427 e. The molecule has 0 amide bonds. The number of phenols is 2. The third-order valence-electron chi connectivity index (χ3n) is 3.68. The van der Waals surface area contributed by atoms with Crippen molar-refractivity contribution in [3.63, 3.8) is 0 Å². The number of aromatic hydroxyl groups is 2. The number of benzene rings is 2. The second-order valence-electron chi connectivity index (χ2n) is 5.67. The van der Waals surface area contributed by atoms with Gasteiger partial charge in [0.25, 0.3) is 0 Å². The Morgan fingerprint density at radius 2 is 1.75 bits per heavy atom. The van der Waals surface area contributed by atoms with Crippen LogP contribution in [0.15, 0.2) is 42.5 Å². The number of anilines is 1. The van der Waals surface area contributed by atoms with E-state index >= 15 is 0 Å². The van der Waals surface area contributed by atoms with Gasteiger partial charge in [0.15, 0.2) is 0 Å². The van der Waals surface area contributed by atoms with E-state index in [4.69, 9.17) is 9.79 Å². The average molecular weight is 353 g/mol. The van der Waals surface area contributed by atoms with Crippen LogP contribution in [-0.2, 0) is 4.57 Å². The lowest BCUT2D eigenvalue weighted by molar-refractivity contribution is 0.160. The molecule has 0 radical (unpaired) electrons. The van der Waals surface area contributed by atoms with Gasteiger partial charge in [0.1, 0.15) is 11.5 Å². The second-order valence-corrected chi connectivity index (χ2v) is 6.99. The van der Waals surface area contributed by atoms with E-state index in [9.17, 15) is 19.9 Å². The van der Waals surface area contributed by atoms with Crippen LogP contribution in [-0.4, -0.2) is 25.1 Å². The molecule has 8 heteroatoms. The Morgan fingerprint density at radius 1 is 1.08 bits per heavy atom. The Morgan fingerprint density at radius 3 is 2.38 bits per heavy atom. The minimum absolute atomic E-state index is 0.0288. The zero-order chi connectivity index (χ0) is 17.9. The van der Waals surface area contributed by atoms with Gasteiger partial charge in [0.05, 0.1) is 11.8 Å². The molecule has 2 atom stereocenters. The Labute approximate surface area is 139 Å². The maximum absolute atomic E-state index is 11.2. The van der Waals surface area contributed by atoms with Gasteiger partial charge in [0.2, 0.25) is 0 Å². The van der Waals surface area contributed by atoms with E-state index in [1.54, 1.807) is 18.2 Å². The highest BCUT2D eigenvalue weighted by atomic mass is 31.2. The fraction of sp³-hybridized carbons (Fsp3) is 0.250. The summed E-state index contributed by atoms with van der Waals surface area (Å²) in [6.07, 6.45) is -0.749. The van der Waals surface area contributed by atoms with E-state index in [0.29, 0.717) is 0 Å². The van der Waals surface area contributed by atoms with Crippen LogP contribution in [0.4, 0.5) is 5.69 Å². The molecule has 0 aliphatic heterocycles. The third-order valence-corrected chi connectivity index (χ3v) is 4.21. The summed E-state index contributed by atoms with van der Waals surface area (Å²) >= 11 is 0. The van der Waals surface area contributed by atoms with Crippen LogP contribution in [0.5, 0.6) is 11.5 Å². The lowest BCUT2D eigenvalue weighted by atomic mass is 9.91. The molecule has 0 bridgehead atoms. The molecule has 0 aromatic heterocycles. The molecule has 130 valence electrons. The van der Waals surface area contributed by atoms with Gasteiger partial charge in [-0.1, -0.05) is 25.1 Å². The monoisotopic (exact) mass is 353 g/mol. The molecule has 0 heterocycles. The molecule has 2 rings (SSSR count). The highest BCUT2D eigenvalue weighted by Crippen LogP contribution is 2.41. The first-order chi connectivity index (χ1) is 11.2. The van der Waals surface area contributed by atoms with Crippen LogP contribution in [0, 0.1) is 0 Å². The lowest BCUT2D eigenvalue weighted by Crippen LogP contribution is -2.07. The number of hydrogen-bond acceptors (Lipinski definition) is 4. The minimum atomic E-state index is -4.58. The number of rotatable bonds is 6. The molecule has 2 aromatic rings. The average Bonchev–Trinajstić information content (AvgIpc) is 2.45. The standard InChI is InChI=1S/C16H20NO6P/c1-10(11-3-2-4-12(18)8-11)7-16(20)14-6-5-13(19)9-15(14)17-24(21,22)23/h2-6,8-10,16,18-20H,7H2,1H3,(H3,17,21,22,23). The van der Waals surface area contributed by atoms with E-state index in [1.807, 2.05) is 18.1 Å². The van der Waals surface area contributed by atoms with Crippen LogP contribution in [0.3, 0.4) is 0 Å². The molecule has 6 N–H and O–H groups in total. The molecule has 0 spiro atoms. The first-order valence-corrected chi connectivity index (χ1v) is 8.90. The van der Waals surface area contributed by atoms with E-state index in [-0.39, 0.29) is 35.1 Å². The topological polar surface area (TPSA) is 130 Å². The quantitative estimate of drug-likeness (QED) is 0.440. The number of aliphatic hydroxyl groups excluding tert-OH is 1. The summed E-state index contributed by atoms with van der Waals surface area (Å²) in [5.41, 5.74) is 1.07. The highest BCUT2D eigenvalue weighted by molar-refractivity contribution is 7.53. The lowest BCUT2D eigenvalue weighted by Gasteiger charge is -2.21. The zero-order valence-corrected chi connectivity index (χ0v) is 13.9. The predicted octanol–water partition coefficient (Wildman–Crippen LogP) is 2.83. The zero-order valence-electron chi connectivity index (χ0n) is 13.0. The largest absolute Gasteiger partial charge is 0.508 e. The van der Waals surface area contributed by atoms with Crippen LogP contribution < -0.4 is 5.09 Å². The van der Waals surface area contributed by atoms with Crippen molar-refractivity contribution < 1.29 is 29.7 Å². The third kappa shape index (κ3) is 4.97. The molecule has 2 aromatic carbocycles. The van der Waals surface area contributed by atoms with Crippen molar-refractivity contribution in [2.75, 3.05) is 5.09 Å². The minimum Gasteiger partial charge on any atom is -0.508 e. The second kappa shape index (κ2) is 7.23. The highest BCUT2D eigenvalue weighted by Gasteiger charge is 2.21. The molecule has 2 unspecified atom stereocenters. The van der Waals surface area contributed by atoms with Gasteiger partial charge in [-0.15, -0.1) is 0 Å². The van der Waals surface area contributed by atoms with Crippen molar-refractivity contribution in [1.82, 2.24) is 0 Å². The molecule has 0 saturated heterocycles. The van der Waals surface area contributed by atoms with Crippen molar-refractivity contribution in [3.05, 3.63) is 53.6 Å². The molecule has 0 saturated carbocycles. The Bertz CT molecular complexity index is 760. The number of aliphatic hydroxyl groups is 1. The van der Waals surface area contributed by atoms with E-state index in [0.717, 1.165) is 11.6 Å². The van der Waals surface area contributed by atoms with E-state index in [2.05, 4.69) is 0 Å². The molecular weight excluding hydrogens is 333 g/mol. The maximum Gasteiger partial charge on any atom is 0.427 e. The summed E-state index contributed by atoms with van der Waals surface area (Å²) in [5, 5.41) is 31.5. The van der Waals surface area contributed by atoms with E-state index < -0.39 is 13.9 Å². The summed E-state index contributed by atoms with van der Waals surface area (Å²) in [6.45, 7) is 1.87. The molecule has 0 aliphatic rings. The first-order valence-electron chi connectivity index (χ1n) is 7.29. The first kappa shape index (κ1) is 18.3. The van der Waals surface area contributed by atoms with Crippen molar-refractivity contribution in [2.24, 2.45) is 0 Å². The summed E-state index contributed by atoms with van der Waals surface area (Å²) in [4.78, 5) is 18.1. The Balaban J connectivity index is 2.23. The van der Waals surface area contributed by atoms with E-state index in [1.165, 1.54) is 12.1 Å². The van der Waals surface area contributed by atoms with Gasteiger partial charge >= 0.3 is 7.75 Å². The van der Waals surface area contributed by atoms with Gasteiger partial charge in [-0.25, -0.2) is 4.57 Å². The molecule has 24 heavy (non-hydrogen) atoms. The summed E-state index contributed by atoms with van der Waals surface area (Å²) < 4.78 is 11.2. The van der Waals surface area contributed by atoms with Gasteiger partial charge in [-0.05, 0) is 36.1 Å². The Kier molecular flexibility index (Phi) is 5.51. The van der Waals surface area contributed by atoms with Crippen molar-refractivity contribution in [1.29, 1.82) is 0 Å². The SMILES string of the molecule is CC(CC(O)c1ccc(O)cc1NP(=O)(O)O)c1cccc(O)c1. The predicted molar refractivity (Wildman–Crippen MR) is 89.9 cm³/mol. The van der Waals surface area contributed by atoms with Gasteiger partial charge in [-0.2, -0.15) is 0 Å². The molecule has 7 nitrogen and oxygen atoms in total. The molecular formula is C16H20NO6P. The van der Waals surface area contributed by atoms with Crippen molar-refractivity contribution in [3.8, 4) is 11.5 Å². The summed E-state index contributed by atoms with van der Waals surface area (Å²) in [7, 11) is -4.58. The van der Waals surface area contributed by atoms with Gasteiger partial charge in [-0.3, -0.25) is 5.09 Å². The normalized spacial score (nSPS) is 14.2. The van der Waals surface area contributed by atoms with Crippen LogP contribution >= 0.6 is 7.75 Å². The van der Waals surface area contributed by atoms with Gasteiger partial charge < -0.3 is 25.1 Å². The summed E-state index contributed by atoms with van der Waals surface area (Å²) in [5.74, 6) is -0.158. The van der Waals surface area contributed by atoms with Crippen LogP contribution in [0.25, 0.3) is 0 Å². The van der Waals surface area contributed by atoms with Crippen LogP contribution in [0.2, 0.25) is 0 Å². The fourth-order valence-corrected chi connectivity index (χ4v) is 3.03. The number of hydrogen-bond donors (Lipinski definition) is 6. The fourth-order valence-electron chi connectivity index (χ4n) is 2.52. The molecule has 0 fully saturated rings. The number of phenolic OH excluding ortho intramolecular Hbond substituents is 2. The Hall–Kier alpha value is -2.05.